The molecule has 0 aliphatic rings. The molecule has 2 amide bonds. The van der Waals surface area contributed by atoms with Gasteiger partial charge in [-0.2, -0.15) is 0 Å². The zero-order chi connectivity index (χ0) is 18.4. The molecule has 0 saturated carbocycles. The van der Waals surface area contributed by atoms with E-state index in [4.69, 9.17) is 0 Å². The third-order valence-electron chi connectivity index (χ3n) is 3.91. The van der Waals surface area contributed by atoms with Crippen molar-refractivity contribution in [3.05, 3.63) is 65.5 Å². The first-order valence-corrected chi connectivity index (χ1v) is 8.42. The molecule has 0 aliphatic carbocycles. The molecule has 2 rings (SSSR count). The number of anilines is 1. The second-order valence-electron chi connectivity index (χ2n) is 6.61. The van der Waals surface area contributed by atoms with E-state index in [9.17, 15) is 14.3 Å². The van der Waals surface area contributed by atoms with Crippen molar-refractivity contribution in [1.82, 2.24) is 4.90 Å². The van der Waals surface area contributed by atoms with Crippen molar-refractivity contribution < 1.29 is 14.3 Å². The fraction of sp³-hybridized carbons (Fsp3) is 0.350. The first-order chi connectivity index (χ1) is 11.9. The fourth-order valence-corrected chi connectivity index (χ4v) is 2.59. The lowest BCUT2D eigenvalue weighted by Crippen LogP contribution is -2.40. The normalized spacial score (nSPS) is 12.1. The van der Waals surface area contributed by atoms with Crippen LogP contribution >= 0.6 is 0 Å². The van der Waals surface area contributed by atoms with Gasteiger partial charge in [0, 0.05) is 12.2 Å². The van der Waals surface area contributed by atoms with Gasteiger partial charge in [-0.1, -0.05) is 44.2 Å². The van der Waals surface area contributed by atoms with E-state index in [0.717, 1.165) is 11.3 Å². The summed E-state index contributed by atoms with van der Waals surface area (Å²) in [6, 6.07) is 13.0. The van der Waals surface area contributed by atoms with Crippen molar-refractivity contribution in [2.24, 2.45) is 5.92 Å². The third-order valence-corrected chi connectivity index (χ3v) is 3.91. The maximum atomic E-state index is 13.0. The smallest absolute Gasteiger partial charge is 0.321 e. The summed E-state index contributed by atoms with van der Waals surface area (Å²) in [6.45, 7) is 6.60. The zero-order valence-corrected chi connectivity index (χ0v) is 14.9. The molecule has 0 heterocycles. The first-order valence-electron chi connectivity index (χ1n) is 8.42. The summed E-state index contributed by atoms with van der Waals surface area (Å²) in [5, 5.41) is 13.3. The summed E-state index contributed by atoms with van der Waals surface area (Å²) in [5.74, 6) is -0.102. The number of amides is 2. The van der Waals surface area contributed by atoms with Crippen LogP contribution in [0.3, 0.4) is 0 Å². The number of urea groups is 1. The second kappa shape index (κ2) is 8.62. The maximum absolute atomic E-state index is 13.0. The Labute approximate surface area is 148 Å². The lowest BCUT2D eigenvalue weighted by atomic mass is 10.1. The van der Waals surface area contributed by atoms with Gasteiger partial charge in [-0.25, -0.2) is 9.18 Å². The number of carbonyl (C=O) groups is 1. The molecule has 2 aromatic carbocycles. The Morgan fingerprint density at radius 2 is 1.76 bits per heavy atom. The average molecular weight is 344 g/mol. The second-order valence-corrected chi connectivity index (χ2v) is 6.61. The molecular formula is C20H25FN2O2. The van der Waals surface area contributed by atoms with E-state index in [1.807, 2.05) is 45.0 Å². The highest BCUT2D eigenvalue weighted by Crippen LogP contribution is 2.18. The average Bonchev–Trinajstić information content (AvgIpc) is 2.56. The Morgan fingerprint density at radius 1 is 1.12 bits per heavy atom. The number of benzene rings is 2. The molecule has 1 atom stereocenters. The van der Waals surface area contributed by atoms with Crippen LogP contribution in [0, 0.1) is 18.7 Å². The van der Waals surface area contributed by atoms with Crippen LogP contribution in [0.4, 0.5) is 14.9 Å². The molecule has 0 saturated heterocycles. The van der Waals surface area contributed by atoms with Crippen LogP contribution in [-0.4, -0.2) is 29.1 Å². The van der Waals surface area contributed by atoms with Gasteiger partial charge >= 0.3 is 6.03 Å². The van der Waals surface area contributed by atoms with Crippen molar-refractivity contribution >= 4 is 11.7 Å². The lowest BCUT2D eigenvalue weighted by Gasteiger charge is -2.27. The molecule has 134 valence electrons. The van der Waals surface area contributed by atoms with E-state index < -0.39 is 6.10 Å². The minimum atomic E-state index is -0.873. The molecule has 2 aromatic rings. The predicted octanol–water partition coefficient (Wildman–Crippen LogP) is 4.36. The van der Waals surface area contributed by atoms with E-state index in [-0.39, 0.29) is 24.3 Å². The number of para-hydroxylation sites is 1. The number of hydrogen-bond acceptors (Lipinski definition) is 2. The number of aliphatic hydroxyl groups is 1. The number of hydrogen-bond donors (Lipinski definition) is 2. The number of rotatable bonds is 6. The van der Waals surface area contributed by atoms with Gasteiger partial charge in [-0.3, -0.25) is 0 Å². The Hall–Kier alpha value is -2.40. The SMILES string of the molecule is Cc1ccccc1NC(=O)N(CC(C)C)CC(O)c1ccc(F)cc1. The van der Waals surface area contributed by atoms with Gasteiger partial charge in [0.05, 0.1) is 12.6 Å². The number of aliphatic hydroxyl groups excluding tert-OH is 1. The van der Waals surface area contributed by atoms with Crippen LogP contribution in [0.1, 0.15) is 31.1 Å². The van der Waals surface area contributed by atoms with Crippen LogP contribution in [0.15, 0.2) is 48.5 Å². The quantitative estimate of drug-likeness (QED) is 0.818. The lowest BCUT2D eigenvalue weighted by molar-refractivity contribution is 0.121. The summed E-state index contributed by atoms with van der Waals surface area (Å²) in [6.07, 6.45) is -0.873. The number of nitrogens with one attached hydrogen (secondary N) is 1. The van der Waals surface area contributed by atoms with Crippen molar-refractivity contribution in [2.45, 2.75) is 26.9 Å². The number of carbonyl (C=O) groups excluding carboxylic acids is 1. The highest BCUT2D eigenvalue weighted by Gasteiger charge is 2.20. The van der Waals surface area contributed by atoms with E-state index in [1.165, 1.54) is 24.3 Å². The molecular weight excluding hydrogens is 319 g/mol. The van der Waals surface area contributed by atoms with Gasteiger partial charge < -0.3 is 15.3 Å². The van der Waals surface area contributed by atoms with E-state index >= 15 is 0 Å². The summed E-state index contributed by atoms with van der Waals surface area (Å²) in [7, 11) is 0. The van der Waals surface area contributed by atoms with Gasteiger partial charge in [0.15, 0.2) is 0 Å². The molecule has 0 bridgehead atoms. The van der Waals surface area contributed by atoms with Gasteiger partial charge in [0.2, 0.25) is 0 Å². The molecule has 4 nitrogen and oxygen atoms in total. The van der Waals surface area contributed by atoms with Crippen molar-refractivity contribution in [2.75, 3.05) is 18.4 Å². The zero-order valence-electron chi connectivity index (χ0n) is 14.9. The summed E-state index contributed by atoms with van der Waals surface area (Å²) in [5.41, 5.74) is 2.30. The van der Waals surface area contributed by atoms with Crippen LogP contribution in [0.2, 0.25) is 0 Å². The Balaban J connectivity index is 2.10. The van der Waals surface area contributed by atoms with Crippen LogP contribution in [0.5, 0.6) is 0 Å². The van der Waals surface area contributed by atoms with Gasteiger partial charge in [-0.05, 0) is 42.2 Å². The molecule has 25 heavy (non-hydrogen) atoms. The van der Waals surface area contributed by atoms with Crippen molar-refractivity contribution in [3.8, 4) is 0 Å². The highest BCUT2D eigenvalue weighted by atomic mass is 19.1. The molecule has 0 fully saturated rings. The van der Waals surface area contributed by atoms with E-state index in [1.54, 1.807) is 4.90 Å². The summed E-state index contributed by atoms with van der Waals surface area (Å²) < 4.78 is 13.0. The summed E-state index contributed by atoms with van der Waals surface area (Å²) >= 11 is 0. The maximum Gasteiger partial charge on any atom is 0.321 e. The molecule has 2 N–H and O–H groups in total. The Morgan fingerprint density at radius 3 is 2.36 bits per heavy atom. The molecule has 0 aromatic heterocycles. The predicted molar refractivity (Wildman–Crippen MR) is 98.0 cm³/mol. The topological polar surface area (TPSA) is 52.6 Å². The Bertz CT molecular complexity index is 701. The third kappa shape index (κ3) is 5.57. The molecule has 5 heteroatoms. The largest absolute Gasteiger partial charge is 0.387 e. The van der Waals surface area contributed by atoms with Gasteiger partial charge in [0.25, 0.3) is 0 Å². The number of aryl methyl sites for hydroxylation is 1. The van der Waals surface area contributed by atoms with Crippen LogP contribution < -0.4 is 5.32 Å². The van der Waals surface area contributed by atoms with Crippen LogP contribution in [0.25, 0.3) is 0 Å². The highest BCUT2D eigenvalue weighted by molar-refractivity contribution is 5.90. The fourth-order valence-electron chi connectivity index (χ4n) is 2.59. The number of nitrogens with zero attached hydrogens (tertiary/aromatic N) is 1. The molecule has 0 spiro atoms. The van der Waals surface area contributed by atoms with Gasteiger partial charge in [0.1, 0.15) is 5.82 Å². The van der Waals surface area contributed by atoms with E-state index in [2.05, 4.69) is 5.32 Å². The van der Waals surface area contributed by atoms with E-state index in [0.29, 0.717) is 12.1 Å². The van der Waals surface area contributed by atoms with Crippen LogP contribution in [-0.2, 0) is 0 Å². The molecule has 0 aliphatic heterocycles. The Kier molecular flexibility index (Phi) is 6.53. The molecule has 0 radical (unpaired) electrons. The molecule has 1 unspecified atom stereocenters. The number of halogens is 1. The summed E-state index contributed by atoms with van der Waals surface area (Å²) in [4.78, 5) is 14.3. The monoisotopic (exact) mass is 344 g/mol. The van der Waals surface area contributed by atoms with Crippen molar-refractivity contribution in [3.63, 3.8) is 0 Å². The minimum Gasteiger partial charge on any atom is -0.387 e. The standard InChI is InChI=1S/C20H25FN2O2/c1-14(2)12-23(13-19(24)16-8-10-17(21)11-9-16)20(25)22-18-7-5-4-6-15(18)3/h4-11,14,19,24H,12-13H2,1-3H3,(H,22,25). The first kappa shape index (κ1) is 18.9. The van der Waals surface area contributed by atoms with Crippen molar-refractivity contribution in [1.29, 1.82) is 0 Å². The minimum absolute atomic E-state index is 0.140. The van der Waals surface area contributed by atoms with Gasteiger partial charge in [-0.15, -0.1) is 0 Å².